The smallest absolute Gasteiger partial charge is 0.248 e. The molecule has 1 amide bonds. The Hall–Kier alpha value is -2.98. The number of aromatic nitrogens is 2. The van der Waals surface area contributed by atoms with Crippen molar-refractivity contribution in [2.45, 2.75) is 19.4 Å². The van der Waals surface area contributed by atoms with E-state index in [9.17, 15) is 4.79 Å². The Morgan fingerprint density at radius 3 is 2.76 bits per heavy atom. The van der Waals surface area contributed by atoms with Crippen molar-refractivity contribution in [3.63, 3.8) is 0 Å². The topological polar surface area (TPSA) is 83.0 Å². The summed E-state index contributed by atoms with van der Waals surface area (Å²) in [6.45, 7) is 0.495. The Kier molecular flexibility index (Phi) is 5.21. The van der Waals surface area contributed by atoms with Crippen molar-refractivity contribution in [3.8, 4) is 17.5 Å². The number of nitriles is 1. The average molecular weight is 352 g/mol. The van der Waals surface area contributed by atoms with Crippen molar-refractivity contribution >= 4 is 17.2 Å². The van der Waals surface area contributed by atoms with E-state index in [1.807, 2.05) is 29.0 Å². The van der Waals surface area contributed by atoms with Gasteiger partial charge in [-0.2, -0.15) is 16.6 Å². The molecule has 3 rings (SSSR count). The fourth-order valence-corrected chi connectivity index (χ4v) is 2.94. The number of nitrogens with zero attached hydrogens (tertiary/aromatic N) is 4. The van der Waals surface area contributed by atoms with Gasteiger partial charge in [0.1, 0.15) is 0 Å². The summed E-state index contributed by atoms with van der Waals surface area (Å²) in [4.78, 5) is 13.9. The minimum absolute atomic E-state index is 0.000331. The molecule has 0 N–H and O–H groups in total. The number of carbonyl (C=O) groups is 1. The summed E-state index contributed by atoms with van der Waals surface area (Å²) < 4.78 is 5.59. The second kappa shape index (κ2) is 7.73. The zero-order valence-electron chi connectivity index (χ0n) is 13.7. The third-order valence-electron chi connectivity index (χ3n) is 3.72. The van der Waals surface area contributed by atoms with E-state index in [4.69, 9.17) is 9.68 Å². The van der Waals surface area contributed by atoms with E-state index < -0.39 is 0 Å². The van der Waals surface area contributed by atoms with Crippen LogP contribution in [-0.2, 0) is 17.8 Å². The normalized spacial score (nSPS) is 10.4. The molecule has 25 heavy (non-hydrogen) atoms. The summed E-state index contributed by atoms with van der Waals surface area (Å²) in [5.41, 5.74) is 2.48. The van der Waals surface area contributed by atoms with Crippen LogP contribution in [-0.4, -0.2) is 28.1 Å². The van der Waals surface area contributed by atoms with Crippen molar-refractivity contribution in [2.24, 2.45) is 0 Å². The Labute approximate surface area is 149 Å². The highest BCUT2D eigenvalue weighted by atomic mass is 32.1. The third-order valence-corrected chi connectivity index (χ3v) is 4.40. The Morgan fingerprint density at radius 1 is 1.28 bits per heavy atom. The molecular formula is C18H16N4O2S. The molecule has 126 valence electrons. The summed E-state index contributed by atoms with van der Waals surface area (Å²) >= 11 is 1.56. The van der Waals surface area contributed by atoms with Crippen LogP contribution in [0.2, 0.25) is 0 Å². The number of rotatable bonds is 6. The molecule has 0 spiro atoms. The first kappa shape index (κ1) is 16.9. The van der Waals surface area contributed by atoms with Gasteiger partial charge in [0, 0.05) is 37.4 Å². The van der Waals surface area contributed by atoms with Gasteiger partial charge in [0.15, 0.2) is 0 Å². The van der Waals surface area contributed by atoms with E-state index in [1.165, 1.54) is 0 Å². The summed E-state index contributed by atoms with van der Waals surface area (Å²) in [6, 6.07) is 11.2. The molecule has 6 nitrogen and oxygen atoms in total. The van der Waals surface area contributed by atoms with Gasteiger partial charge >= 0.3 is 0 Å². The standard InChI is InChI=1S/C18H16N4O2S/c1-22(11-14-4-2-13(10-19)3-5-14)17(23)7-6-16-20-21-18(24-16)15-8-9-25-12-15/h2-5,8-9,12H,6-7,11H2,1H3. The predicted octanol–water partition coefficient (Wildman–Crippen LogP) is 3.26. The Bertz CT molecular complexity index is 879. The number of aryl methyl sites for hydroxylation is 1. The number of hydrogen-bond acceptors (Lipinski definition) is 6. The molecule has 0 aliphatic rings. The molecule has 0 aliphatic heterocycles. The van der Waals surface area contributed by atoms with Crippen LogP contribution in [0.25, 0.3) is 11.5 Å². The van der Waals surface area contributed by atoms with Crippen molar-refractivity contribution in [1.29, 1.82) is 5.26 Å². The van der Waals surface area contributed by atoms with Crippen LogP contribution < -0.4 is 0 Å². The van der Waals surface area contributed by atoms with Crippen LogP contribution in [0.3, 0.4) is 0 Å². The van der Waals surface area contributed by atoms with Gasteiger partial charge in [-0.25, -0.2) is 0 Å². The number of benzene rings is 1. The third kappa shape index (κ3) is 4.31. The molecule has 2 aromatic heterocycles. The molecule has 3 aromatic rings. The molecule has 0 saturated heterocycles. The van der Waals surface area contributed by atoms with E-state index in [1.54, 1.807) is 35.4 Å². The van der Waals surface area contributed by atoms with Crippen LogP contribution >= 0.6 is 11.3 Å². The van der Waals surface area contributed by atoms with Gasteiger partial charge in [0.2, 0.25) is 17.7 Å². The monoisotopic (exact) mass is 352 g/mol. The van der Waals surface area contributed by atoms with Crippen molar-refractivity contribution in [2.75, 3.05) is 7.05 Å². The number of carbonyl (C=O) groups excluding carboxylic acids is 1. The molecule has 0 atom stereocenters. The highest BCUT2D eigenvalue weighted by Gasteiger charge is 2.13. The van der Waals surface area contributed by atoms with E-state index in [2.05, 4.69) is 16.3 Å². The molecule has 0 aliphatic carbocycles. The lowest BCUT2D eigenvalue weighted by molar-refractivity contribution is -0.130. The van der Waals surface area contributed by atoms with E-state index in [-0.39, 0.29) is 5.91 Å². The Balaban J connectivity index is 1.52. The molecular weight excluding hydrogens is 336 g/mol. The van der Waals surface area contributed by atoms with Gasteiger partial charge in [0.25, 0.3) is 0 Å². The minimum Gasteiger partial charge on any atom is -0.421 e. The zero-order chi connectivity index (χ0) is 17.6. The van der Waals surface area contributed by atoms with Gasteiger partial charge < -0.3 is 9.32 Å². The first-order chi connectivity index (χ1) is 12.2. The largest absolute Gasteiger partial charge is 0.421 e. The van der Waals surface area contributed by atoms with Crippen LogP contribution in [0.1, 0.15) is 23.4 Å². The van der Waals surface area contributed by atoms with E-state index in [0.717, 1.165) is 11.1 Å². The highest BCUT2D eigenvalue weighted by molar-refractivity contribution is 7.08. The SMILES string of the molecule is CN(Cc1ccc(C#N)cc1)C(=O)CCc1nnc(-c2ccsc2)o1. The van der Waals surface area contributed by atoms with Gasteiger partial charge in [-0.1, -0.05) is 12.1 Å². The molecule has 0 bridgehead atoms. The van der Waals surface area contributed by atoms with Gasteiger partial charge in [0.05, 0.1) is 11.6 Å². The zero-order valence-corrected chi connectivity index (χ0v) is 14.5. The fourth-order valence-electron chi connectivity index (χ4n) is 2.31. The molecule has 0 radical (unpaired) electrons. The predicted molar refractivity (Wildman–Crippen MR) is 93.6 cm³/mol. The molecule has 0 saturated carbocycles. The first-order valence-electron chi connectivity index (χ1n) is 7.73. The second-order valence-electron chi connectivity index (χ2n) is 5.57. The molecule has 0 fully saturated rings. The maximum atomic E-state index is 12.3. The van der Waals surface area contributed by atoms with E-state index in [0.29, 0.717) is 36.7 Å². The fraction of sp³-hybridized carbons (Fsp3) is 0.222. The summed E-state index contributed by atoms with van der Waals surface area (Å²) in [5, 5.41) is 20.7. The maximum Gasteiger partial charge on any atom is 0.248 e. The van der Waals surface area contributed by atoms with Crippen molar-refractivity contribution in [3.05, 3.63) is 58.1 Å². The van der Waals surface area contributed by atoms with Gasteiger partial charge in [-0.15, -0.1) is 10.2 Å². The number of hydrogen-bond donors (Lipinski definition) is 0. The minimum atomic E-state index is -0.000331. The summed E-state index contributed by atoms with van der Waals surface area (Å²) in [6.07, 6.45) is 0.714. The van der Waals surface area contributed by atoms with E-state index >= 15 is 0 Å². The quantitative estimate of drug-likeness (QED) is 0.680. The van der Waals surface area contributed by atoms with Crippen LogP contribution in [0.5, 0.6) is 0 Å². The van der Waals surface area contributed by atoms with Gasteiger partial charge in [-0.05, 0) is 29.1 Å². The van der Waals surface area contributed by atoms with Crippen LogP contribution in [0.4, 0.5) is 0 Å². The number of thiophene rings is 1. The first-order valence-corrected chi connectivity index (χ1v) is 8.68. The average Bonchev–Trinajstić information content (AvgIpc) is 3.31. The van der Waals surface area contributed by atoms with Crippen LogP contribution in [0, 0.1) is 11.3 Å². The molecule has 1 aromatic carbocycles. The van der Waals surface area contributed by atoms with Gasteiger partial charge in [-0.3, -0.25) is 4.79 Å². The van der Waals surface area contributed by atoms with Crippen LogP contribution in [0.15, 0.2) is 45.5 Å². The Morgan fingerprint density at radius 2 is 2.08 bits per heavy atom. The lowest BCUT2D eigenvalue weighted by atomic mass is 10.1. The second-order valence-corrected chi connectivity index (χ2v) is 6.35. The molecule has 2 heterocycles. The lowest BCUT2D eigenvalue weighted by Gasteiger charge is -2.16. The van der Waals surface area contributed by atoms with Crippen molar-refractivity contribution in [1.82, 2.24) is 15.1 Å². The molecule has 7 heteroatoms. The summed E-state index contributed by atoms with van der Waals surface area (Å²) in [7, 11) is 1.76. The van der Waals surface area contributed by atoms with Crippen molar-refractivity contribution < 1.29 is 9.21 Å². The number of amides is 1. The highest BCUT2D eigenvalue weighted by Crippen LogP contribution is 2.20. The lowest BCUT2D eigenvalue weighted by Crippen LogP contribution is -2.26. The summed E-state index contributed by atoms with van der Waals surface area (Å²) in [5.74, 6) is 0.940. The maximum absolute atomic E-state index is 12.3. The molecule has 0 unspecified atom stereocenters.